The summed E-state index contributed by atoms with van der Waals surface area (Å²) in [7, 11) is 0. The monoisotopic (exact) mass is 325 g/mol. The molecule has 2 aromatic rings. The Labute approximate surface area is 133 Å². The molecule has 0 aliphatic heterocycles. The molecule has 1 heterocycles. The minimum atomic E-state index is 0.482. The molecule has 0 radical (unpaired) electrons. The van der Waals surface area contributed by atoms with Crippen molar-refractivity contribution in [3.8, 4) is 0 Å². The van der Waals surface area contributed by atoms with E-state index in [0.717, 1.165) is 30.0 Å². The van der Waals surface area contributed by atoms with Crippen molar-refractivity contribution in [3.63, 3.8) is 0 Å². The third-order valence-electron chi connectivity index (χ3n) is 2.82. The number of nitrogens with two attached hydrogens (primary N) is 1. The Morgan fingerprint density at radius 1 is 1.24 bits per heavy atom. The Hall–Kier alpha value is -1.56. The Kier molecular flexibility index (Phi) is 5.61. The summed E-state index contributed by atoms with van der Waals surface area (Å²) in [5.74, 6) is 1.29. The van der Waals surface area contributed by atoms with Gasteiger partial charge in [-0.05, 0) is 38.1 Å². The fourth-order valence-corrected chi connectivity index (χ4v) is 1.99. The SMILES string of the molecule is Cc1cnc(Nc2ccc(Cl)c(Cl)c2)nc1NCCCN. The van der Waals surface area contributed by atoms with Crippen LogP contribution in [0.15, 0.2) is 24.4 Å². The molecular formula is C14H17Cl2N5. The molecular weight excluding hydrogens is 309 g/mol. The molecule has 0 aliphatic carbocycles. The van der Waals surface area contributed by atoms with Crippen molar-refractivity contribution < 1.29 is 0 Å². The van der Waals surface area contributed by atoms with Gasteiger partial charge in [0, 0.05) is 24.0 Å². The van der Waals surface area contributed by atoms with Crippen LogP contribution in [-0.4, -0.2) is 23.1 Å². The van der Waals surface area contributed by atoms with E-state index in [1.54, 1.807) is 18.3 Å². The lowest BCUT2D eigenvalue weighted by atomic mass is 10.3. The second kappa shape index (κ2) is 7.45. The van der Waals surface area contributed by atoms with Crippen molar-refractivity contribution in [2.75, 3.05) is 23.7 Å². The summed E-state index contributed by atoms with van der Waals surface area (Å²) < 4.78 is 0. The Balaban J connectivity index is 2.12. The quantitative estimate of drug-likeness (QED) is 0.707. The average molecular weight is 326 g/mol. The smallest absolute Gasteiger partial charge is 0.229 e. The van der Waals surface area contributed by atoms with Crippen molar-refractivity contribution in [1.82, 2.24) is 9.97 Å². The maximum Gasteiger partial charge on any atom is 0.229 e. The number of halogens is 2. The van der Waals surface area contributed by atoms with E-state index in [2.05, 4.69) is 20.6 Å². The number of benzene rings is 1. The van der Waals surface area contributed by atoms with Gasteiger partial charge in [0.25, 0.3) is 0 Å². The molecule has 21 heavy (non-hydrogen) atoms. The normalized spacial score (nSPS) is 10.5. The van der Waals surface area contributed by atoms with E-state index >= 15 is 0 Å². The van der Waals surface area contributed by atoms with Crippen LogP contribution in [0.1, 0.15) is 12.0 Å². The van der Waals surface area contributed by atoms with Crippen LogP contribution in [0.4, 0.5) is 17.5 Å². The van der Waals surface area contributed by atoms with Crippen molar-refractivity contribution in [2.24, 2.45) is 5.73 Å². The Bertz CT molecular complexity index is 618. The summed E-state index contributed by atoms with van der Waals surface area (Å²) in [6.07, 6.45) is 2.65. The molecule has 0 atom stereocenters. The van der Waals surface area contributed by atoms with Crippen molar-refractivity contribution >= 4 is 40.7 Å². The van der Waals surface area contributed by atoms with Crippen molar-refractivity contribution in [3.05, 3.63) is 40.0 Å². The van der Waals surface area contributed by atoms with Crippen LogP contribution < -0.4 is 16.4 Å². The molecule has 4 N–H and O–H groups in total. The van der Waals surface area contributed by atoms with Gasteiger partial charge in [-0.2, -0.15) is 4.98 Å². The predicted octanol–water partition coefficient (Wildman–Crippen LogP) is 3.60. The van der Waals surface area contributed by atoms with Crippen LogP contribution in [0.3, 0.4) is 0 Å². The lowest BCUT2D eigenvalue weighted by Crippen LogP contribution is -2.11. The number of aromatic nitrogens is 2. The molecule has 5 nitrogen and oxygen atoms in total. The van der Waals surface area contributed by atoms with Gasteiger partial charge in [0.1, 0.15) is 5.82 Å². The highest BCUT2D eigenvalue weighted by molar-refractivity contribution is 6.42. The van der Waals surface area contributed by atoms with E-state index in [4.69, 9.17) is 28.9 Å². The topological polar surface area (TPSA) is 75.9 Å². The minimum absolute atomic E-state index is 0.482. The van der Waals surface area contributed by atoms with Gasteiger partial charge in [0.05, 0.1) is 10.0 Å². The molecule has 1 aromatic carbocycles. The summed E-state index contributed by atoms with van der Waals surface area (Å²) >= 11 is 11.9. The van der Waals surface area contributed by atoms with Gasteiger partial charge < -0.3 is 16.4 Å². The first-order valence-corrected chi connectivity index (χ1v) is 7.35. The highest BCUT2D eigenvalue weighted by atomic mass is 35.5. The van der Waals surface area contributed by atoms with Crippen molar-refractivity contribution in [1.29, 1.82) is 0 Å². The first-order valence-electron chi connectivity index (χ1n) is 6.60. The number of aryl methyl sites for hydroxylation is 1. The van der Waals surface area contributed by atoms with E-state index in [1.165, 1.54) is 0 Å². The highest BCUT2D eigenvalue weighted by Crippen LogP contribution is 2.26. The minimum Gasteiger partial charge on any atom is -0.370 e. The average Bonchev–Trinajstić information content (AvgIpc) is 2.46. The fraction of sp³-hybridized carbons (Fsp3) is 0.286. The summed E-state index contributed by atoms with van der Waals surface area (Å²) in [5.41, 5.74) is 7.24. The van der Waals surface area contributed by atoms with Crippen LogP contribution >= 0.6 is 23.2 Å². The van der Waals surface area contributed by atoms with E-state index in [-0.39, 0.29) is 0 Å². The Morgan fingerprint density at radius 2 is 2.05 bits per heavy atom. The molecule has 0 saturated heterocycles. The highest BCUT2D eigenvalue weighted by Gasteiger charge is 2.05. The number of nitrogens with zero attached hydrogens (tertiary/aromatic N) is 2. The van der Waals surface area contributed by atoms with Gasteiger partial charge in [-0.3, -0.25) is 0 Å². The third kappa shape index (κ3) is 4.46. The van der Waals surface area contributed by atoms with Crippen LogP contribution in [0.2, 0.25) is 10.0 Å². The molecule has 0 spiro atoms. The van der Waals surface area contributed by atoms with Crippen molar-refractivity contribution in [2.45, 2.75) is 13.3 Å². The van der Waals surface area contributed by atoms with E-state index in [0.29, 0.717) is 22.5 Å². The standard InChI is InChI=1S/C14H17Cl2N5/c1-9-8-19-14(21-13(9)18-6-2-5-17)20-10-3-4-11(15)12(16)7-10/h3-4,7-8H,2,5-6,17H2,1H3,(H2,18,19,20,21). The molecule has 0 amide bonds. The fourth-order valence-electron chi connectivity index (χ4n) is 1.69. The zero-order valence-corrected chi connectivity index (χ0v) is 13.2. The van der Waals surface area contributed by atoms with E-state index in [1.807, 2.05) is 13.0 Å². The van der Waals surface area contributed by atoms with E-state index < -0.39 is 0 Å². The Morgan fingerprint density at radius 3 is 2.76 bits per heavy atom. The molecule has 7 heteroatoms. The first-order chi connectivity index (χ1) is 10.1. The van der Waals surface area contributed by atoms with Crippen LogP contribution in [-0.2, 0) is 0 Å². The third-order valence-corrected chi connectivity index (χ3v) is 3.56. The summed E-state index contributed by atoms with van der Waals surface area (Å²) in [5, 5.41) is 7.33. The van der Waals surface area contributed by atoms with Gasteiger partial charge in [-0.25, -0.2) is 4.98 Å². The largest absolute Gasteiger partial charge is 0.370 e. The second-order valence-electron chi connectivity index (χ2n) is 4.55. The summed E-state index contributed by atoms with van der Waals surface area (Å²) in [6.45, 7) is 3.37. The predicted molar refractivity (Wildman–Crippen MR) is 88.7 cm³/mol. The maximum absolute atomic E-state index is 5.98. The zero-order chi connectivity index (χ0) is 15.2. The number of hydrogen-bond acceptors (Lipinski definition) is 5. The van der Waals surface area contributed by atoms with Gasteiger partial charge in [0.15, 0.2) is 0 Å². The van der Waals surface area contributed by atoms with E-state index in [9.17, 15) is 0 Å². The lowest BCUT2D eigenvalue weighted by Gasteiger charge is -2.11. The first kappa shape index (κ1) is 15.8. The summed E-state index contributed by atoms with van der Waals surface area (Å²) in [6, 6.07) is 5.27. The molecule has 0 unspecified atom stereocenters. The number of rotatable bonds is 6. The molecule has 2 rings (SSSR count). The van der Waals surface area contributed by atoms with Crippen LogP contribution in [0.25, 0.3) is 0 Å². The number of anilines is 3. The van der Waals surface area contributed by atoms with Crippen LogP contribution in [0.5, 0.6) is 0 Å². The molecule has 0 aliphatic rings. The summed E-state index contributed by atoms with van der Waals surface area (Å²) in [4.78, 5) is 8.69. The van der Waals surface area contributed by atoms with Gasteiger partial charge in [-0.15, -0.1) is 0 Å². The number of hydrogen-bond donors (Lipinski definition) is 3. The van der Waals surface area contributed by atoms with Gasteiger partial charge in [-0.1, -0.05) is 23.2 Å². The molecule has 0 bridgehead atoms. The zero-order valence-electron chi connectivity index (χ0n) is 11.7. The van der Waals surface area contributed by atoms with Gasteiger partial charge >= 0.3 is 0 Å². The molecule has 0 saturated carbocycles. The van der Waals surface area contributed by atoms with Crippen LogP contribution in [0, 0.1) is 6.92 Å². The molecule has 1 aromatic heterocycles. The second-order valence-corrected chi connectivity index (χ2v) is 5.36. The van der Waals surface area contributed by atoms with Gasteiger partial charge in [0.2, 0.25) is 5.95 Å². The molecule has 0 fully saturated rings. The number of nitrogens with one attached hydrogen (secondary N) is 2. The maximum atomic E-state index is 5.98. The molecule has 112 valence electrons. The lowest BCUT2D eigenvalue weighted by molar-refractivity contribution is 0.867.